The van der Waals surface area contributed by atoms with Crippen molar-refractivity contribution in [2.24, 2.45) is 0 Å². The number of esters is 1. The van der Waals surface area contributed by atoms with Crippen molar-refractivity contribution in [2.45, 2.75) is 13.2 Å². The van der Waals surface area contributed by atoms with Gasteiger partial charge in [0.15, 0.2) is 0 Å². The molecular formula is C7H9NO4. The molecule has 0 aromatic carbocycles. The summed E-state index contributed by atoms with van der Waals surface area (Å²) in [5, 5.41) is 2.32. The number of hydrogen-bond donors (Lipinski definition) is 1. The Balaban J connectivity index is 2.58. The molecule has 5 nitrogen and oxygen atoms in total. The van der Waals surface area contributed by atoms with Gasteiger partial charge in [-0.25, -0.2) is 4.79 Å². The Hall–Kier alpha value is -1.36. The molecule has 66 valence electrons. The van der Waals surface area contributed by atoms with Crippen molar-refractivity contribution in [3.63, 3.8) is 0 Å². The Labute approximate surface area is 69.3 Å². The lowest BCUT2D eigenvalue weighted by Crippen LogP contribution is -2.24. The standard InChI is InChI=1S/C7H9NO4/c1-2-11-7-5(8-4-9)3-6(10)12-7/h3-4,7H,2H2,1H3,(H,8,9). The van der Waals surface area contributed by atoms with Gasteiger partial charge in [-0.1, -0.05) is 0 Å². The van der Waals surface area contributed by atoms with Crippen molar-refractivity contribution in [3.8, 4) is 0 Å². The van der Waals surface area contributed by atoms with Gasteiger partial charge in [0.1, 0.15) is 0 Å². The Kier molecular flexibility index (Phi) is 2.82. The number of ether oxygens (including phenoxy) is 2. The van der Waals surface area contributed by atoms with Crippen LogP contribution in [0.3, 0.4) is 0 Å². The third-order valence-electron chi connectivity index (χ3n) is 1.29. The zero-order valence-corrected chi connectivity index (χ0v) is 6.57. The molecule has 1 aliphatic heterocycles. The monoisotopic (exact) mass is 171 g/mol. The molecule has 1 atom stereocenters. The predicted octanol–water partition coefficient (Wildman–Crippen LogP) is -0.464. The van der Waals surface area contributed by atoms with E-state index in [1.165, 1.54) is 6.08 Å². The average Bonchev–Trinajstić information content (AvgIpc) is 2.33. The lowest BCUT2D eigenvalue weighted by Gasteiger charge is -2.12. The maximum absolute atomic E-state index is 10.7. The summed E-state index contributed by atoms with van der Waals surface area (Å²) in [6.07, 6.45) is 0.904. The van der Waals surface area contributed by atoms with Crippen LogP contribution >= 0.6 is 0 Å². The van der Waals surface area contributed by atoms with Crippen LogP contribution in [-0.2, 0) is 19.1 Å². The molecule has 0 fully saturated rings. The van der Waals surface area contributed by atoms with Crippen LogP contribution in [0.25, 0.3) is 0 Å². The second-order valence-corrected chi connectivity index (χ2v) is 2.09. The quantitative estimate of drug-likeness (QED) is 0.459. The summed E-state index contributed by atoms with van der Waals surface area (Å²) in [6.45, 7) is 2.18. The van der Waals surface area contributed by atoms with E-state index in [9.17, 15) is 9.59 Å². The third kappa shape index (κ3) is 1.82. The summed E-state index contributed by atoms with van der Waals surface area (Å²) in [7, 11) is 0. The molecule has 5 heteroatoms. The molecule has 0 saturated carbocycles. The van der Waals surface area contributed by atoms with E-state index in [1.54, 1.807) is 6.92 Å². The summed E-state index contributed by atoms with van der Waals surface area (Å²) in [5.41, 5.74) is 0.344. The van der Waals surface area contributed by atoms with Gasteiger partial charge in [-0.2, -0.15) is 0 Å². The molecule has 0 bridgehead atoms. The summed E-state index contributed by atoms with van der Waals surface area (Å²) >= 11 is 0. The molecule has 0 aliphatic carbocycles. The molecule has 1 aliphatic rings. The topological polar surface area (TPSA) is 64.6 Å². The van der Waals surface area contributed by atoms with Crippen molar-refractivity contribution >= 4 is 12.4 Å². The van der Waals surface area contributed by atoms with Gasteiger partial charge < -0.3 is 14.8 Å². The minimum absolute atomic E-state index is 0.344. The molecule has 1 N–H and O–H groups in total. The van der Waals surface area contributed by atoms with Gasteiger partial charge >= 0.3 is 5.97 Å². The predicted molar refractivity (Wildman–Crippen MR) is 38.8 cm³/mol. The summed E-state index contributed by atoms with van der Waals surface area (Å²) in [6, 6.07) is 0. The summed E-state index contributed by atoms with van der Waals surface area (Å²) in [4.78, 5) is 20.7. The third-order valence-corrected chi connectivity index (χ3v) is 1.29. The average molecular weight is 171 g/mol. The van der Waals surface area contributed by atoms with E-state index in [2.05, 4.69) is 5.32 Å². The van der Waals surface area contributed by atoms with Gasteiger partial charge in [0.25, 0.3) is 0 Å². The molecule has 0 saturated heterocycles. The van der Waals surface area contributed by atoms with Crippen LogP contribution in [0.2, 0.25) is 0 Å². The zero-order valence-electron chi connectivity index (χ0n) is 6.57. The Morgan fingerprint density at radius 1 is 1.83 bits per heavy atom. The second-order valence-electron chi connectivity index (χ2n) is 2.09. The molecule has 1 rings (SSSR count). The Bertz CT molecular complexity index is 223. The number of hydrogen-bond acceptors (Lipinski definition) is 4. The lowest BCUT2D eigenvalue weighted by atomic mass is 10.4. The van der Waals surface area contributed by atoms with E-state index in [0.717, 1.165) is 0 Å². The zero-order chi connectivity index (χ0) is 8.97. The molecule has 1 heterocycles. The minimum Gasteiger partial charge on any atom is -0.426 e. The van der Waals surface area contributed by atoms with E-state index < -0.39 is 12.3 Å². The van der Waals surface area contributed by atoms with Crippen molar-refractivity contribution in [1.29, 1.82) is 0 Å². The number of amides is 1. The summed E-state index contributed by atoms with van der Waals surface area (Å²) < 4.78 is 9.70. The van der Waals surface area contributed by atoms with Crippen LogP contribution in [0.5, 0.6) is 0 Å². The van der Waals surface area contributed by atoms with Gasteiger partial charge in [-0.3, -0.25) is 4.79 Å². The van der Waals surface area contributed by atoms with Crippen LogP contribution in [0.15, 0.2) is 11.8 Å². The molecule has 0 spiro atoms. The van der Waals surface area contributed by atoms with E-state index in [1.807, 2.05) is 0 Å². The first-order chi connectivity index (χ1) is 5.77. The van der Waals surface area contributed by atoms with E-state index in [0.29, 0.717) is 18.7 Å². The first-order valence-electron chi connectivity index (χ1n) is 3.52. The molecule has 0 aromatic heterocycles. The fraction of sp³-hybridized carbons (Fsp3) is 0.429. The fourth-order valence-corrected chi connectivity index (χ4v) is 0.851. The van der Waals surface area contributed by atoms with Crippen LogP contribution in [-0.4, -0.2) is 25.3 Å². The van der Waals surface area contributed by atoms with Crippen LogP contribution in [0.4, 0.5) is 0 Å². The molecule has 0 aromatic rings. The van der Waals surface area contributed by atoms with Crippen molar-refractivity contribution in [1.82, 2.24) is 5.32 Å². The van der Waals surface area contributed by atoms with Crippen molar-refractivity contribution < 1.29 is 19.1 Å². The molecular weight excluding hydrogens is 162 g/mol. The van der Waals surface area contributed by atoms with Gasteiger partial charge in [0.05, 0.1) is 5.70 Å². The van der Waals surface area contributed by atoms with E-state index in [4.69, 9.17) is 9.47 Å². The highest BCUT2D eigenvalue weighted by Gasteiger charge is 2.25. The van der Waals surface area contributed by atoms with Gasteiger partial charge in [0.2, 0.25) is 12.7 Å². The number of cyclic esters (lactones) is 1. The van der Waals surface area contributed by atoms with Gasteiger partial charge in [0, 0.05) is 12.7 Å². The molecule has 1 unspecified atom stereocenters. The highest BCUT2D eigenvalue weighted by atomic mass is 16.7. The smallest absolute Gasteiger partial charge is 0.335 e. The molecule has 12 heavy (non-hydrogen) atoms. The first-order valence-corrected chi connectivity index (χ1v) is 3.52. The maximum atomic E-state index is 10.7. The van der Waals surface area contributed by atoms with Gasteiger partial charge in [-0.05, 0) is 6.92 Å². The highest BCUT2D eigenvalue weighted by Crippen LogP contribution is 2.13. The summed E-state index contributed by atoms with van der Waals surface area (Å²) in [5.74, 6) is -0.502. The Morgan fingerprint density at radius 3 is 3.17 bits per heavy atom. The Morgan fingerprint density at radius 2 is 2.58 bits per heavy atom. The normalized spacial score (nSPS) is 21.6. The van der Waals surface area contributed by atoms with E-state index in [-0.39, 0.29) is 0 Å². The van der Waals surface area contributed by atoms with Crippen LogP contribution in [0, 0.1) is 0 Å². The van der Waals surface area contributed by atoms with Gasteiger partial charge in [-0.15, -0.1) is 0 Å². The highest BCUT2D eigenvalue weighted by molar-refractivity contribution is 5.86. The number of nitrogens with one attached hydrogen (secondary N) is 1. The van der Waals surface area contributed by atoms with Crippen molar-refractivity contribution in [2.75, 3.05) is 6.61 Å². The second kappa shape index (κ2) is 3.87. The van der Waals surface area contributed by atoms with E-state index >= 15 is 0 Å². The maximum Gasteiger partial charge on any atom is 0.335 e. The SMILES string of the molecule is CCOC1OC(=O)C=C1NC=O. The first kappa shape index (κ1) is 8.73. The lowest BCUT2D eigenvalue weighted by molar-refractivity contribution is -0.159. The number of carbonyl (C=O) groups excluding carboxylic acids is 2. The van der Waals surface area contributed by atoms with Crippen molar-refractivity contribution in [3.05, 3.63) is 11.8 Å². The molecule has 0 radical (unpaired) electrons. The fourth-order valence-electron chi connectivity index (χ4n) is 0.851. The number of carbonyl (C=O) groups is 2. The van der Waals surface area contributed by atoms with Crippen LogP contribution in [0.1, 0.15) is 6.92 Å². The number of rotatable bonds is 4. The van der Waals surface area contributed by atoms with Crippen LogP contribution < -0.4 is 5.32 Å². The molecule has 1 amide bonds. The minimum atomic E-state index is -0.757. The largest absolute Gasteiger partial charge is 0.426 e.